The molecule has 1 spiro atoms. The number of nitrogens with zero attached hydrogens (tertiary/aromatic N) is 2. The largest absolute Gasteiger partial charge is 0.454 e. The van der Waals surface area contributed by atoms with Crippen molar-refractivity contribution in [3.8, 4) is 11.5 Å². The zero-order valence-electron chi connectivity index (χ0n) is 23.3. The Kier molecular flexibility index (Phi) is 7.96. The van der Waals surface area contributed by atoms with Crippen molar-refractivity contribution in [1.29, 1.82) is 0 Å². The number of thiocarbonyl (C=S) groups is 1. The van der Waals surface area contributed by atoms with Crippen LogP contribution in [0.4, 0.5) is 17.1 Å². The molecule has 2 N–H and O–H groups in total. The second-order valence-corrected chi connectivity index (χ2v) is 10.7. The number of nitrogens with one attached hydrogen (secondary N) is 2. The van der Waals surface area contributed by atoms with Gasteiger partial charge in [0, 0.05) is 56.5 Å². The second kappa shape index (κ2) is 12.0. The van der Waals surface area contributed by atoms with Gasteiger partial charge in [0.1, 0.15) is 0 Å². The molecular weight excluding hydrogens is 556 g/mol. The summed E-state index contributed by atoms with van der Waals surface area (Å²) in [6.07, 6.45) is 1.66. The summed E-state index contributed by atoms with van der Waals surface area (Å²) < 4.78 is 22.5. The Morgan fingerprint density at radius 3 is 2.45 bits per heavy atom. The van der Waals surface area contributed by atoms with Crippen molar-refractivity contribution in [3.05, 3.63) is 77.4 Å². The molecule has 2 amide bonds. The normalized spacial score (nSPS) is 16.7. The Bertz CT molecular complexity index is 1480. The zero-order chi connectivity index (χ0) is 29.1. The predicted molar refractivity (Wildman–Crippen MR) is 163 cm³/mol. The van der Waals surface area contributed by atoms with Gasteiger partial charge in [0.05, 0.1) is 30.0 Å². The number of anilines is 3. The van der Waals surface area contributed by atoms with Gasteiger partial charge in [-0.3, -0.25) is 9.59 Å². The minimum atomic E-state index is -0.413. The zero-order valence-corrected chi connectivity index (χ0v) is 24.1. The van der Waals surface area contributed by atoms with Gasteiger partial charge < -0.3 is 39.4 Å². The molecular formula is C31H32N4O6S. The summed E-state index contributed by atoms with van der Waals surface area (Å²) in [5.74, 6) is 0.428. The Balaban J connectivity index is 1.09. The van der Waals surface area contributed by atoms with Crippen molar-refractivity contribution in [3.63, 3.8) is 0 Å². The maximum Gasteiger partial charge on any atom is 0.256 e. The van der Waals surface area contributed by atoms with Crippen LogP contribution >= 0.6 is 12.2 Å². The topological polar surface area (TPSA) is 102 Å². The van der Waals surface area contributed by atoms with E-state index in [-0.39, 0.29) is 18.6 Å². The van der Waals surface area contributed by atoms with Gasteiger partial charge in [0.2, 0.25) is 6.79 Å². The molecule has 2 saturated heterocycles. The van der Waals surface area contributed by atoms with E-state index in [0.717, 1.165) is 37.2 Å². The summed E-state index contributed by atoms with van der Waals surface area (Å²) in [4.78, 5) is 30.4. The van der Waals surface area contributed by atoms with Crippen LogP contribution in [0.25, 0.3) is 0 Å². The molecule has 3 heterocycles. The van der Waals surface area contributed by atoms with E-state index in [4.69, 9.17) is 31.2 Å². The van der Waals surface area contributed by atoms with Gasteiger partial charge in [-0.05, 0) is 60.2 Å². The fourth-order valence-corrected chi connectivity index (χ4v) is 5.62. The summed E-state index contributed by atoms with van der Waals surface area (Å²) in [6, 6.07) is 18.3. The standard InChI is InChI=1S/C31H32N4O6S/c1-34(18-21-2-9-27-28(16-21)39-20-38-27)30(37)25-8-3-22(17-26(25)32-19-42)29(36)33-23-4-6-24(7-5-23)35-12-10-31(11-13-35)40-14-15-41-31/h2-9,16-17,19H,10-15,18,20H2,1H3,(H,32,42)(H,33,36). The number of benzene rings is 3. The van der Waals surface area contributed by atoms with E-state index in [1.165, 1.54) is 5.49 Å². The Labute approximate surface area is 249 Å². The van der Waals surface area contributed by atoms with Gasteiger partial charge in [-0.15, -0.1) is 0 Å². The molecule has 42 heavy (non-hydrogen) atoms. The maximum atomic E-state index is 13.3. The monoisotopic (exact) mass is 588 g/mol. The number of amides is 2. The number of hydrogen-bond donors (Lipinski definition) is 2. The highest BCUT2D eigenvalue weighted by Gasteiger charge is 2.39. The number of rotatable bonds is 8. The molecule has 3 aliphatic rings. The minimum absolute atomic E-state index is 0.191. The highest BCUT2D eigenvalue weighted by Crippen LogP contribution is 2.34. The van der Waals surface area contributed by atoms with Crippen molar-refractivity contribution < 1.29 is 28.5 Å². The lowest BCUT2D eigenvalue weighted by molar-refractivity contribution is -0.169. The molecule has 2 fully saturated rings. The first-order chi connectivity index (χ1) is 20.4. The molecule has 3 aliphatic heterocycles. The summed E-state index contributed by atoms with van der Waals surface area (Å²) in [7, 11) is 1.72. The van der Waals surface area contributed by atoms with Gasteiger partial charge in [-0.25, -0.2) is 0 Å². The average Bonchev–Trinajstić information content (AvgIpc) is 3.67. The van der Waals surface area contributed by atoms with E-state index >= 15 is 0 Å². The van der Waals surface area contributed by atoms with Crippen LogP contribution in [0.1, 0.15) is 39.1 Å². The molecule has 10 nitrogen and oxygen atoms in total. The number of fused-ring (bicyclic) bond motifs is 1. The molecule has 0 unspecified atom stereocenters. The van der Waals surface area contributed by atoms with E-state index in [9.17, 15) is 9.59 Å². The summed E-state index contributed by atoms with van der Waals surface area (Å²) >= 11 is 5.00. The predicted octanol–water partition coefficient (Wildman–Crippen LogP) is 4.65. The summed E-state index contributed by atoms with van der Waals surface area (Å²) in [6.45, 7) is 3.57. The van der Waals surface area contributed by atoms with Crippen molar-refractivity contribution >= 4 is 46.6 Å². The number of piperidine rings is 1. The van der Waals surface area contributed by atoms with Crippen LogP contribution in [-0.2, 0) is 16.0 Å². The maximum absolute atomic E-state index is 13.3. The van der Waals surface area contributed by atoms with Crippen molar-refractivity contribution in [2.24, 2.45) is 0 Å². The Hall–Kier alpha value is -4.19. The Morgan fingerprint density at radius 2 is 1.71 bits per heavy atom. The van der Waals surface area contributed by atoms with Crippen LogP contribution in [0.5, 0.6) is 11.5 Å². The lowest BCUT2D eigenvalue weighted by atomic mass is 10.0. The van der Waals surface area contributed by atoms with Crippen molar-refractivity contribution in [2.45, 2.75) is 25.2 Å². The molecule has 0 saturated carbocycles. The first-order valence-corrected chi connectivity index (χ1v) is 14.3. The van der Waals surface area contributed by atoms with Crippen molar-refractivity contribution in [2.75, 3.05) is 55.7 Å². The van der Waals surface area contributed by atoms with Gasteiger partial charge in [-0.2, -0.15) is 0 Å². The Morgan fingerprint density at radius 1 is 0.976 bits per heavy atom. The molecule has 11 heteroatoms. The highest BCUT2D eigenvalue weighted by molar-refractivity contribution is 7.79. The van der Waals surface area contributed by atoms with Gasteiger partial charge >= 0.3 is 0 Å². The fraction of sp³-hybridized carbons (Fsp3) is 0.323. The molecule has 6 rings (SSSR count). The smallest absolute Gasteiger partial charge is 0.256 e. The first kappa shape index (κ1) is 28.0. The number of carbonyl (C=O) groups excluding carboxylic acids is 2. The highest BCUT2D eigenvalue weighted by atomic mass is 32.1. The molecule has 0 aromatic heterocycles. The number of hydrogen-bond acceptors (Lipinski definition) is 8. The SMILES string of the molecule is CN(Cc1ccc2c(c1)OCO2)C(=O)c1ccc(C(=O)Nc2ccc(N3CCC4(CC3)OCCO4)cc2)cc1NC=S. The third-order valence-corrected chi connectivity index (χ3v) is 7.88. The van der Waals surface area contributed by atoms with Crippen LogP contribution in [0.2, 0.25) is 0 Å². The lowest BCUT2D eigenvalue weighted by Crippen LogP contribution is -2.45. The summed E-state index contributed by atoms with van der Waals surface area (Å²) in [5.41, 5.74) is 5.23. The van der Waals surface area contributed by atoms with Gasteiger partial charge in [0.15, 0.2) is 17.3 Å². The van der Waals surface area contributed by atoms with E-state index in [2.05, 4.69) is 15.5 Å². The van der Waals surface area contributed by atoms with Crippen LogP contribution in [-0.4, -0.2) is 68.1 Å². The van der Waals surface area contributed by atoms with Crippen LogP contribution in [0.15, 0.2) is 60.7 Å². The second-order valence-electron chi connectivity index (χ2n) is 10.5. The van der Waals surface area contributed by atoms with Gasteiger partial charge in [0.25, 0.3) is 11.8 Å². The molecule has 0 bridgehead atoms. The molecule has 0 radical (unpaired) electrons. The number of ether oxygens (including phenoxy) is 4. The van der Waals surface area contributed by atoms with E-state index in [1.54, 1.807) is 30.1 Å². The molecule has 0 atom stereocenters. The molecule has 0 aliphatic carbocycles. The third-order valence-electron chi connectivity index (χ3n) is 7.76. The molecule has 3 aromatic carbocycles. The molecule has 3 aromatic rings. The van der Waals surface area contributed by atoms with Gasteiger partial charge in [-0.1, -0.05) is 18.3 Å². The molecule has 218 valence electrons. The average molecular weight is 589 g/mol. The van der Waals surface area contributed by atoms with E-state index < -0.39 is 5.79 Å². The van der Waals surface area contributed by atoms with E-state index in [0.29, 0.717) is 53.8 Å². The van der Waals surface area contributed by atoms with Crippen LogP contribution in [0.3, 0.4) is 0 Å². The first-order valence-electron chi connectivity index (χ1n) is 13.9. The van der Waals surface area contributed by atoms with Crippen LogP contribution in [0, 0.1) is 0 Å². The summed E-state index contributed by atoms with van der Waals surface area (Å²) in [5, 5.41) is 5.88. The fourth-order valence-electron chi connectivity index (χ4n) is 5.50. The number of carbonyl (C=O) groups is 2. The van der Waals surface area contributed by atoms with Crippen molar-refractivity contribution in [1.82, 2.24) is 4.90 Å². The lowest BCUT2D eigenvalue weighted by Gasteiger charge is -2.38. The minimum Gasteiger partial charge on any atom is -0.454 e. The van der Waals surface area contributed by atoms with E-state index in [1.807, 2.05) is 42.5 Å². The quantitative estimate of drug-likeness (QED) is 0.364. The third kappa shape index (κ3) is 5.89. The van der Waals surface area contributed by atoms with Crippen LogP contribution < -0.4 is 25.0 Å².